The molecule has 1 unspecified atom stereocenters. The van der Waals surface area contributed by atoms with Crippen LogP contribution in [0.2, 0.25) is 0 Å². The number of hydrogen-bond donors (Lipinski definition) is 0. The fourth-order valence-electron chi connectivity index (χ4n) is 1.36. The van der Waals surface area contributed by atoms with Gasteiger partial charge in [-0.1, -0.05) is 49.0 Å². The van der Waals surface area contributed by atoms with Crippen LogP contribution in [-0.4, -0.2) is 30.0 Å². The van der Waals surface area contributed by atoms with Crippen LogP contribution < -0.4 is 0 Å². The van der Waals surface area contributed by atoms with E-state index in [0.29, 0.717) is 18.4 Å². The standard InChI is InChI=1S/C13H23BrO4/c1-3-5-6-7-8-17-13(16)9-11(10-14)18-12(15)4-2/h11H,3-10H2,1-2H3. The molecule has 0 radical (unpaired) electrons. The van der Waals surface area contributed by atoms with Gasteiger partial charge in [-0.3, -0.25) is 9.59 Å². The Labute approximate surface area is 118 Å². The molecular weight excluding hydrogens is 300 g/mol. The fraction of sp³-hybridized carbons (Fsp3) is 0.846. The lowest BCUT2D eigenvalue weighted by atomic mass is 10.2. The van der Waals surface area contributed by atoms with Gasteiger partial charge < -0.3 is 9.47 Å². The molecule has 18 heavy (non-hydrogen) atoms. The average Bonchev–Trinajstić information content (AvgIpc) is 2.37. The van der Waals surface area contributed by atoms with E-state index in [9.17, 15) is 9.59 Å². The van der Waals surface area contributed by atoms with Crippen LogP contribution in [0.5, 0.6) is 0 Å². The first-order valence-corrected chi connectivity index (χ1v) is 7.67. The summed E-state index contributed by atoms with van der Waals surface area (Å²) in [5, 5.41) is 0.448. The molecule has 1 atom stereocenters. The van der Waals surface area contributed by atoms with Gasteiger partial charge in [0, 0.05) is 11.8 Å². The molecule has 0 fully saturated rings. The molecule has 5 heteroatoms. The minimum absolute atomic E-state index is 0.116. The monoisotopic (exact) mass is 322 g/mol. The second-order valence-electron chi connectivity index (χ2n) is 4.10. The maximum Gasteiger partial charge on any atom is 0.309 e. The van der Waals surface area contributed by atoms with Crippen molar-refractivity contribution in [1.29, 1.82) is 0 Å². The molecule has 0 spiro atoms. The lowest BCUT2D eigenvalue weighted by Gasteiger charge is -2.14. The van der Waals surface area contributed by atoms with Gasteiger partial charge in [-0.05, 0) is 6.42 Å². The predicted octanol–water partition coefficient (Wildman–Crippen LogP) is 3.22. The van der Waals surface area contributed by atoms with Crippen LogP contribution in [-0.2, 0) is 19.1 Å². The molecule has 0 amide bonds. The zero-order valence-electron chi connectivity index (χ0n) is 11.2. The highest BCUT2D eigenvalue weighted by molar-refractivity contribution is 9.09. The summed E-state index contributed by atoms with van der Waals surface area (Å²) >= 11 is 3.22. The molecule has 0 rings (SSSR count). The number of unbranched alkanes of at least 4 members (excludes halogenated alkanes) is 3. The molecule has 0 aromatic carbocycles. The number of ether oxygens (including phenoxy) is 2. The Morgan fingerprint density at radius 2 is 1.83 bits per heavy atom. The van der Waals surface area contributed by atoms with Gasteiger partial charge in [0.15, 0.2) is 0 Å². The first-order chi connectivity index (χ1) is 8.63. The van der Waals surface area contributed by atoms with Crippen LogP contribution in [0.15, 0.2) is 0 Å². The number of esters is 2. The molecule has 0 N–H and O–H groups in total. The topological polar surface area (TPSA) is 52.6 Å². The van der Waals surface area contributed by atoms with Crippen molar-refractivity contribution in [1.82, 2.24) is 0 Å². The Kier molecular flexibility index (Phi) is 11.1. The maximum atomic E-state index is 11.5. The first kappa shape index (κ1) is 17.4. The molecule has 0 aliphatic rings. The summed E-state index contributed by atoms with van der Waals surface area (Å²) in [6.07, 6.45) is 4.30. The third kappa shape index (κ3) is 9.45. The maximum absolute atomic E-state index is 11.5. The minimum atomic E-state index is -0.430. The highest BCUT2D eigenvalue weighted by Gasteiger charge is 2.17. The van der Waals surface area contributed by atoms with E-state index in [1.807, 2.05) is 0 Å². The largest absolute Gasteiger partial charge is 0.466 e. The van der Waals surface area contributed by atoms with Crippen LogP contribution in [0, 0.1) is 0 Å². The molecule has 0 aromatic heterocycles. The summed E-state index contributed by atoms with van der Waals surface area (Å²) in [6.45, 7) is 4.31. The van der Waals surface area contributed by atoms with Crippen molar-refractivity contribution >= 4 is 27.9 Å². The van der Waals surface area contributed by atoms with Crippen LogP contribution in [0.4, 0.5) is 0 Å². The summed E-state index contributed by atoms with van der Waals surface area (Å²) in [4.78, 5) is 22.6. The molecule has 0 saturated carbocycles. The Morgan fingerprint density at radius 3 is 2.39 bits per heavy atom. The van der Waals surface area contributed by atoms with E-state index in [4.69, 9.17) is 9.47 Å². The second kappa shape index (κ2) is 11.5. The zero-order valence-corrected chi connectivity index (χ0v) is 12.8. The zero-order chi connectivity index (χ0) is 13.8. The van der Waals surface area contributed by atoms with Gasteiger partial charge >= 0.3 is 11.9 Å². The quantitative estimate of drug-likeness (QED) is 0.352. The smallest absolute Gasteiger partial charge is 0.309 e. The van der Waals surface area contributed by atoms with Crippen LogP contribution in [0.25, 0.3) is 0 Å². The van der Waals surface area contributed by atoms with Gasteiger partial charge in [0.25, 0.3) is 0 Å². The van der Waals surface area contributed by atoms with Crippen molar-refractivity contribution in [2.24, 2.45) is 0 Å². The van der Waals surface area contributed by atoms with Crippen LogP contribution >= 0.6 is 15.9 Å². The first-order valence-electron chi connectivity index (χ1n) is 6.55. The molecule has 106 valence electrons. The molecule has 0 aliphatic carbocycles. The summed E-state index contributed by atoms with van der Waals surface area (Å²) in [5.41, 5.74) is 0. The Hall–Kier alpha value is -0.580. The number of halogens is 1. The van der Waals surface area contributed by atoms with Gasteiger partial charge in [0.2, 0.25) is 0 Å². The van der Waals surface area contributed by atoms with Crippen LogP contribution in [0.1, 0.15) is 52.4 Å². The normalized spacial score (nSPS) is 11.9. The van der Waals surface area contributed by atoms with E-state index in [1.54, 1.807) is 6.92 Å². The summed E-state index contributed by atoms with van der Waals surface area (Å²) in [5.74, 6) is -0.602. The predicted molar refractivity (Wildman–Crippen MR) is 73.7 cm³/mol. The Morgan fingerprint density at radius 1 is 1.11 bits per heavy atom. The number of carbonyl (C=O) groups excluding carboxylic acids is 2. The number of carbonyl (C=O) groups is 2. The van der Waals surface area contributed by atoms with Gasteiger partial charge in [-0.25, -0.2) is 0 Å². The third-order valence-electron chi connectivity index (χ3n) is 2.41. The minimum Gasteiger partial charge on any atom is -0.466 e. The van der Waals surface area contributed by atoms with E-state index >= 15 is 0 Å². The van der Waals surface area contributed by atoms with Gasteiger partial charge in [-0.15, -0.1) is 0 Å². The van der Waals surface area contributed by atoms with Crippen molar-refractivity contribution in [2.75, 3.05) is 11.9 Å². The number of hydrogen-bond acceptors (Lipinski definition) is 4. The van der Waals surface area contributed by atoms with E-state index in [1.165, 1.54) is 0 Å². The second-order valence-corrected chi connectivity index (χ2v) is 4.75. The number of rotatable bonds is 10. The molecule has 0 heterocycles. The highest BCUT2D eigenvalue weighted by Crippen LogP contribution is 2.07. The Balaban J connectivity index is 3.72. The SMILES string of the molecule is CCCCCCOC(=O)CC(CBr)OC(=O)CC. The molecule has 0 saturated heterocycles. The average molecular weight is 323 g/mol. The van der Waals surface area contributed by atoms with E-state index in [-0.39, 0.29) is 18.4 Å². The van der Waals surface area contributed by atoms with E-state index in [2.05, 4.69) is 22.9 Å². The van der Waals surface area contributed by atoms with Crippen molar-refractivity contribution in [2.45, 2.75) is 58.5 Å². The van der Waals surface area contributed by atoms with E-state index in [0.717, 1.165) is 25.7 Å². The van der Waals surface area contributed by atoms with Crippen molar-refractivity contribution < 1.29 is 19.1 Å². The van der Waals surface area contributed by atoms with Gasteiger partial charge in [0.1, 0.15) is 6.10 Å². The summed E-state index contributed by atoms with van der Waals surface area (Å²) in [6, 6.07) is 0. The van der Waals surface area contributed by atoms with Crippen molar-refractivity contribution in [3.05, 3.63) is 0 Å². The van der Waals surface area contributed by atoms with Crippen molar-refractivity contribution in [3.8, 4) is 0 Å². The summed E-state index contributed by atoms with van der Waals surface area (Å²) in [7, 11) is 0. The van der Waals surface area contributed by atoms with Crippen LogP contribution in [0.3, 0.4) is 0 Å². The number of alkyl halides is 1. The Bertz CT molecular complexity index is 243. The van der Waals surface area contributed by atoms with Gasteiger partial charge in [-0.2, -0.15) is 0 Å². The lowest BCUT2D eigenvalue weighted by molar-refractivity contribution is -0.153. The van der Waals surface area contributed by atoms with E-state index < -0.39 is 6.10 Å². The fourth-order valence-corrected chi connectivity index (χ4v) is 1.72. The molecule has 0 aromatic rings. The third-order valence-corrected chi connectivity index (χ3v) is 3.14. The van der Waals surface area contributed by atoms with Gasteiger partial charge in [0.05, 0.1) is 13.0 Å². The molecular formula is C13H23BrO4. The lowest BCUT2D eigenvalue weighted by Crippen LogP contribution is -2.24. The molecule has 4 nitrogen and oxygen atoms in total. The molecule has 0 bridgehead atoms. The highest BCUT2D eigenvalue weighted by atomic mass is 79.9. The molecule has 0 aliphatic heterocycles. The van der Waals surface area contributed by atoms with Crippen molar-refractivity contribution in [3.63, 3.8) is 0 Å². The summed E-state index contributed by atoms with van der Waals surface area (Å²) < 4.78 is 10.2.